The van der Waals surface area contributed by atoms with Gasteiger partial charge in [0.15, 0.2) is 0 Å². The number of nitrogens with one attached hydrogen (secondary N) is 1. The molecule has 1 saturated heterocycles. The molecule has 1 atom stereocenters. The number of hydrogen-bond acceptors (Lipinski definition) is 4. The van der Waals surface area contributed by atoms with Gasteiger partial charge in [0.2, 0.25) is 5.91 Å². The molecule has 2 amide bonds. The van der Waals surface area contributed by atoms with Crippen molar-refractivity contribution in [1.82, 2.24) is 9.80 Å². The highest BCUT2D eigenvalue weighted by Gasteiger charge is 2.28. The van der Waals surface area contributed by atoms with Crippen LogP contribution in [0.15, 0.2) is 24.3 Å². The molecule has 6 heteroatoms. The van der Waals surface area contributed by atoms with Crippen LogP contribution in [0.4, 0.5) is 10.5 Å². The van der Waals surface area contributed by atoms with E-state index in [1.165, 1.54) is 0 Å². The molecule has 138 valence electrons. The van der Waals surface area contributed by atoms with E-state index in [2.05, 4.69) is 24.1 Å². The largest absolute Gasteiger partial charge is 0.450 e. The molecule has 1 aromatic rings. The maximum absolute atomic E-state index is 12.6. The predicted molar refractivity (Wildman–Crippen MR) is 98.8 cm³/mol. The van der Waals surface area contributed by atoms with Crippen LogP contribution in [0.3, 0.4) is 0 Å². The molecule has 0 radical (unpaired) electrons. The normalized spacial score (nSPS) is 16.6. The van der Waals surface area contributed by atoms with Gasteiger partial charge in [-0.05, 0) is 31.4 Å². The molecule has 0 aromatic heterocycles. The Morgan fingerprint density at radius 3 is 2.36 bits per heavy atom. The molecule has 1 aromatic carbocycles. The summed E-state index contributed by atoms with van der Waals surface area (Å²) < 4.78 is 5.03. The Kier molecular flexibility index (Phi) is 6.82. The minimum absolute atomic E-state index is 0.0160. The van der Waals surface area contributed by atoms with Crippen molar-refractivity contribution in [2.75, 3.05) is 38.1 Å². The molecule has 1 aliphatic rings. The number of carbonyl (C=O) groups is 2. The smallest absolute Gasteiger partial charge is 0.409 e. The molecule has 1 unspecified atom stereocenters. The van der Waals surface area contributed by atoms with Crippen LogP contribution in [0.2, 0.25) is 0 Å². The average molecular weight is 347 g/mol. The molecule has 1 fully saturated rings. The number of hydrogen-bond donors (Lipinski definition) is 1. The minimum atomic E-state index is -0.273. The summed E-state index contributed by atoms with van der Waals surface area (Å²) in [5, 5.41) is 3.06. The zero-order valence-electron chi connectivity index (χ0n) is 15.6. The van der Waals surface area contributed by atoms with Gasteiger partial charge in [0.05, 0.1) is 12.6 Å². The molecular formula is C19H29N3O3. The third-order valence-corrected chi connectivity index (χ3v) is 4.61. The van der Waals surface area contributed by atoms with E-state index in [-0.39, 0.29) is 18.0 Å². The summed E-state index contributed by atoms with van der Waals surface area (Å²) in [6, 6.07) is 7.67. The molecule has 0 bridgehead atoms. The van der Waals surface area contributed by atoms with E-state index < -0.39 is 0 Å². The fraction of sp³-hybridized carbons (Fsp3) is 0.579. The van der Waals surface area contributed by atoms with Crippen molar-refractivity contribution in [2.45, 2.75) is 39.7 Å². The summed E-state index contributed by atoms with van der Waals surface area (Å²) in [5.41, 5.74) is 2.01. The Balaban J connectivity index is 1.92. The lowest BCUT2D eigenvalue weighted by atomic mass is 10.0. The van der Waals surface area contributed by atoms with Gasteiger partial charge in [-0.3, -0.25) is 9.69 Å². The topological polar surface area (TPSA) is 61.9 Å². The highest BCUT2D eigenvalue weighted by molar-refractivity contribution is 5.95. The Morgan fingerprint density at radius 2 is 1.76 bits per heavy atom. The van der Waals surface area contributed by atoms with Crippen molar-refractivity contribution in [3.8, 4) is 0 Å². The average Bonchev–Trinajstić information content (AvgIpc) is 2.61. The van der Waals surface area contributed by atoms with Crippen LogP contribution in [0.5, 0.6) is 0 Å². The van der Waals surface area contributed by atoms with Gasteiger partial charge in [-0.15, -0.1) is 0 Å². The third-order valence-electron chi connectivity index (χ3n) is 4.61. The SMILES string of the molecule is CCOC(=O)N1CCN(C(C)C(=O)Nc2ccccc2C(C)C)CC1. The van der Waals surface area contributed by atoms with E-state index in [0.717, 1.165) is 11.3 Å². The minimum Gasteiger partial charge on any atom is -0.450 e. The molecule has 25 heavy (non-hydrogen) atoms. The highest BCUT2D eigenvalue weighted by atomic mass is 16.6. The number of rotatable bonds is 5. The van der Waals surface area contributed by atoms with E-state index in [0.29, 0.717) is 38.7 Å². The van der Waals surface area contributed by atoms with Gasteiger partial charge in [-0.25, -0.2) is 4.79 Å². The maximum atomic E-state index is 12.6. The van der Waals surface area contributed by atoms with Gasteiger partial charge >= 0.3 is 6.09 Å². The fourth-order valence-corrected chi connectivity index (χ4v) is 3.02. The monoisotopic (exact) mass is 347 g/mol. The van der Waals surface area contributed by atoms with E-state index >= 15 is 0 Å². The number of anilines is 1. The van der Waals surface area contributed by atoms with Gasteiger partial charge in [-0.1, -0.05) is 32.0 Å². The Hall–Kier alpha value is -2.08. The summed E-state index contributed by atoms with van der Waals surface area (Å²) in [5.74, 6) is 0.331. The van der Waals surface area contributed by atoms with Gasteiger partial charge < -0.3 is 15.0 Å². The van der Waals surface area contributed by atoms with Crippen LogP contribution in [-0.4, -0.2) is 60.6 Å². The Bertz CT molecular complexity index is 595. The second kappa shape index (κ2) is 8.85. The van der Waals surface area contributed by atoms with Gasteiger partial charge in [0.1, 0.15) is 0 Å². The number of benzene rings is 1. The summed E-state index contributed by atoms with van der Waals surface area (Å²) in [4.78, 5) is 28.2. The summed E-state index contributed by atoms with van der Waals surface area (Å²) in [6.45, 7) is 10.8. The van der Waals surface area contributed by atoms with Crippen LogP contribution in [0.1, 0.15) is 39.2 Å². The molecule has 6 nitrogen and oxygen atoms in total. The zero-order valence-corrected chi connectivity index (χ0v) is 15.6. The molecule has 2 rings (SSSR count). The van der Waals surface area contributed by atoms with Crippen LogP contribution in [0.25, 0.3) is 0 Å². The predicted octanol–water partition coefficient (Wildman–Crippen LogP) is 2.91. The lowest BCUT2D eigenvalue weighted by Gasteiger charge is -2.36. The molecular weight excluding hydrogens is 318 g/mol. The van der Waals surface area contributed by atoms with E-state index in [9.17, 15) is 9.59 Å². The fourth-order valence-electron chi connectivity index (χ4n) is 3.02. The van der Waals surface area contributed by atoms with Crippen molar-refractivity contribution in [1.29, 1.82) is 0 Å². The van der Waals surface area contributed by atoms with Crippen molar-refractivity contribution < 1.29 is 14.3 Å². The summed E-state index contributed by atoms with van der Waals surface area (Å²) in [7, 11) is 0. The maximum Gasteiger partial charge on any atom is 0.409 e. The number of nitrogens with zero attached hydrogens (tertiary/aromatic N) is 2. The first-order chi connectivity index (χ1) is 11.9. The summed E-state index contributed by atoms with van der Waals surface area (Å²) in [6.07, 6.45) is -0.273. The van der Waals surface area contributed by atoms with Crippen molar-refractivity contribution >= 4 is 17.7 Å². The number of piperazine rings is 1. The van der Waals surface area contributed by atoms with Crippen LogP contribution >= 0.6 is 0 Å². The lowest BCUT2D eigenvalue weighted by Crippen LogP contribution is -2.54. The quantitative estimate of drug-likeness (QED) is 0.890. The first-order valence-corrected chi connectivity index (χ1v) is 8.99. The molecule has 1 N–H and O–H groups in total. The molecule has 0 saturated carbocycles. The first-order valence-electron chi connectivity index (χ1n) is 8.99. The van der Waals surface area contributed by atoms with Crippen molar-refractivity contribution in [3.63, 3.8) is 0 Å². The zero-order chi connectivity index (χ0) is 18.4. The molecule has 0 spiro atoms. The lowest BCUT2D eigenvalue weighted by molar-refractivity contribution is -0.121. The van der Waals surface area contributed by atoms with Crippen LogP contribution in [0, 0.1) is 0 Å². The number of amides is 2. The number of ether oxygens (including phenoxy) is 1. The van der Waals surface area contributed by atoms with Gasteiger partial charge in [-0.2, -0.15) is 0 Å². The Morgan fingerprint density at radius 1 is 1.12 bits per heavy atom. The van der Waals surface area contributed by atoms with Crippen LogP contribution < -0.4 is 5.32 Å². The summed E-state index contributed by atoms with van der Waals surface area (Å²) >= 11 is 0. The third kappa shape index (κ3) is 4.95. The van der Waals surface area contributed by atoms with E-state index in [1.54, 1.807) is 11.8 Å². The van der Waals surface area contributed by atoms with Gasteiger partial charge in [0, 0.05) is 31.9 Å². The van der Waals surface area contributed by atoms with Crippen molar-refractivity contribution in [2.24, 2.45) is 0 Å². The van der Waals surface area contributed by atoms with E-state index in [4.69, 9.17) is 4.74 Å². The highest BCUT2D eigenvalue weighted by Crippen LogP contribution is 2.24. The molecule has 0 aliphatic carbocycles. The standard InChI is InChI=1S/C19H29N3O3/c1-5-25-19(24)22-12-10-21(11-13-22)15(4)18(23)20-17-9-7-6-8-16(17)14(2)3/h6-9,14-15H,5,10-13H2,1-4H3,(H,20,23). The second-order valence-electron chi connectivity index (χ2n) is 6.63. The van der Waals surface area contributed by atoms with E-state index in [1.807, 2.05) is 31.2 Å². The van der Waals surface area contributed by atoms with Crippen molar-refractivity contribution in [3.05, 3.63) is 29.8 Å². The number of para-hydroxylation sites is 1. The first kappa shape index (κ1) is 19.2. The molecule has 1 heterocycles. The Labute approximate surface area is 150 Å². The van der Waals surface area contributed by atoms with Gasteiger partial charge in [0.25, 0.3) is 0 Å². The molecule has 1 aliphatic heterocycles. The number of carbonyl (C=O) groups excluding carboxylic acids is 2. The van der Waals surface area contributed by atoms with Crippen LogP contribution in [-0.2, 0) is 9.53 Å². The second-order valence-corrected chi connectivity index (χ2v) is 6.63.